The minimum absolute atomic E-state index is 0. The molecule has 124 valence electrons. The molecular weight excluding hydrogens is 305 g/mol. The molecule has 1 heterocycles. The first-order valence-electron chi connectivity index (χ1n) is 7.44. The summed E-state index contributed by atoms with van der Waals surface area (Å²) >= 11 is 0. The zero-order valence-electron chi connectivity index (χ0n) is 12.3. The van der Waals surface area contributed by atoms with Crippen molar-refractivity contribution in [3.8, 4) is 0 Å². The van der Waals surface area contributed by atoms with Crippen LogP contribution in [-0.4, -0.2) is 30.2 Å². The summed E-state index contributed by atoms with van der Waals surface area (Å²) in [6.45, 7) is 2.70. The van der Waals surface area contributed by atoms with Gasteiger partial charge in [-0.15, -0.1) is 12.4 Å². The van der Waals surface area contributed by atoms with Crippen LogP contribution in [0, 0.1) is 5.92 Å². The molecule has 2 aliphatic rings. The Morgan fingerprint density at radius 3 is 2.29 bits per heavy atom. The standard InChI is InChI=1S/C14H23F3N2O.ClH/c1-13(8-2-3-9-18-13)12(20)19-11-6-4-10(5-7-11)14(15,16)17;/h10-11,18H,2-9H2,1H3,(H,19,20);1H. The van der Waals surface area contributed by atoms with Crippen molar-refractivity contribution in [1.29, 1.82) is 0 Å². The van der Waals surface area contributed by atoms with Gasteiger partial charge in [0.25, 0.3) is 0 Å². The second-order valence-corrected chi connectivity index (χ2v) is 6.28. The lowest BCUT2D eigenvalue weighted by atomic mass is 9.84. The molecule has 0 aromatic carbocycles. The molecule has 1 aliphatic heterocycles. The first kappa shape index (κ1) is 18.6. The molecule has 2 fully saturated rings. The van der Waals surface area contributed by atoms with Gasteiger partial charge in [0.05, 0.1) is 11.5 Å². The Morgan fingerprint density at radius 2 is 1.81 bits per heavy atom. The molecule has 1 aliphatic carbocycles. The number of piperidine rings is 1. The van der Waals surface area contributed by atoms with Crippen molar-refractivity contribution in [3.05, 3.63) is 0 Å². The molecule has 1 saturated carbocycles. The zero-order valence-corrected chi connectivity index (χ0v) is 13.1. The smallest absolute Gasteiger partial charge is 0.352 e. The minimum Gasteiger partial charge on any atom is -0.352 e. The first-order valence-corrected chi connectivity index (χ1v) is 7.44. The van der Waals surface area contributed by atoms with Crippen molar-refractivity contribution < 1.29 is 18.0 Å². The lowest BCUT2D eigenvalue weighted by molar-refractivity contribution is -0.182. The van der Waals surface area contributed by atoms with Crippen molar-refractivity contribution in [2.24, 2.45) is 5.92 Å². The predicted molar refractivity (Wildman–Crippen MR) is 77.5 cm³/mol. The van der Waals surface area contributed by atoms with Crippen LogP contribution in [0.4, 0.5) is 13.2 Å². The predicted octanol–water partition coefficient (Wildman–Crippen LogP) is 3.18. The van der Waals surface area contributed by atoms with Gasteiger partial charge in [0.15, 0.2) is 0 Å². The largest absolute Gasteiger partial charge is 0.391 e. The van der Waals surface area contributed by atoms with E-state index in [4.69, 9.17) is 0 Å². The monoisotopic (exact) mass is 328 g/mol. The lowest BCUT2D eigenvalue weighted by Gasteiger charge is -2.36. The number of nitrogens with one attached hydrogen (secondary N) is 2. The van der Waals surface area contributed by atoms with E-state index in [1.807, 2.05) is 6.92 Å². The van der Waals surface area contributed by atoms with E-state index in [-0.39, 0.29) is 37.2 Å². The number of halogens is 4. The van der Waals surface area contributed by atoms with Gasteiger partial charge in [-0.05, 0) is 58.4 Å². The number of hydrogen-bond donors (Lipinski definition) is 2. The van der Waals surface area contributed by atoms with Crippen LogP contribution in [0.1, 0.15) is 51.9 Å². The number of rotatable bonds is 2. The van der Waals surface area contributed by atoms with E-state index in [1.54, 1.807) is 0 Å². The highest BCUT2D eigenvalue weighted by molar-refractivity contribution is 5.86. The number of alkyl halides is 3. The highest BCUT2D eigenvalue weighted by atomic mass is 35.5. The zero-order chi connectivity index (χ0) is 14.8. The van der Waals surface area contributed by atoms with Gasteiger partial charge >= 0.3 is 6.18 Å². The number of carbonyl (C=O) groups is 1. The lowest BCUT2D eigenvalue weighted by Crippen LogP contribution is -2.59. The molecule has 21 heavy (non-hydrogen) atoms. The molecule has 0 aromatic heterocycles. The maximum Gasteiger partial charge on any atom is 0.391 e. The van der Waals surface area contributed by atoms with Crippen LogP contribution < -0.4 is 10.6 Å². The van der Waals surface area contributed by atoms with Crippen molar-refractivity contribution in [1.82, 2.24) is 10.6 Å². The molecule has 1 saturated heterocycles. The van der Waals surface area contributed by atoms with Gasteiger partial charge in [-0.1, -0.05) is 0 Å². The van der Waals surface area contributed by atoms with E-state index in [0.29, 0.717) is 12.8 Å². The summed E-state index contributed by atoms with van der Waals surface area (Å²) in [5.41, 5.74) is -0.556. The van der Waals surface area contributed by atoms with E-state index in [2.05, 4.69) is 10.6 Å². The molecule has 0 radical (unpaired) electrons. The molecule has 0 aromatic rings. The normalized spacial score (nSPS) is 33.9. The summed E-state index contributed by atoms with van der Waals surface area (Å²) in [5, 5.41) is 6.16. The maximum atomic E-state index is 12.6. The van der Waals surface area contributed by atoms with Gasteiger partial charge in [0.1, 0.15) is 0 Å². The molecule has 1 unspecified atom stereocenters. The van der Waals surface area contributed by atoms with Gasteiger partial charge in [-0.25, -0.2) is 0 Å². The number of carbonyl (C=O) groups excluding carboxylic acids is 1. The van der Waals surface area contributed by atoms with Crippen LogP contribution in [0.25, 0.3) is 0 Å². The van der Waals surface area contributed by atoms with Crippen molar-refractivity contribution in [2.45, 2.75) is 69.6 Å². The summed E-state index contributed by atoms with van der Waals surface area (Å²) in [4.78, 5) is 12.3. The Balaban J connectivity index is 0.00000220. The molecule has 0 spiro atoms. The summed E-state index contributed by atoms with van der Waals surface area (Å²) in [6.07, 6.45) is -0.130. The van der Waals surface area contributed by atoms with E-state index >= 15 is 0 Å². The molecule has 1 atom stereocenters. The van der Waals surface area contributed by atoms with Gasteiger partial charge in [-0.3, -0.25) is 4.79 Å². The van der Waals surface area contributed by atoms with Crippen molar-refractivity contribution in [3.63, 3.8) is 0 Å². The third-order valence-electron chi connectivity index (χ3n) is 4.65. The van der Waals surface area contributed by atoms with E-state index in [0.717, 1.165) is 25.8 Å². The van der Waals surface area contributed by atoms with Gasteiger partial charge < -0.3 is 10.6 Å². The fourth-order valence-electron chi connectivity index (χ4n) is 3.16. The Labute approximate surface area is 129 Å². The van der Waals surface area contributed by atoms with Crippen LogP contribution in [0.3, 0.4) is 0 Å². The highest BCUT2D eigenvalue weighted by Crippen LogP contribution is 2.37. The second-order valence-electron chi connectivity index (χ2n) is 6.28. The Hall–Kier alpha value is -0.490. The molecule has 3 nitrogen and oxygen atoms in total. The van der Waals surface area contributed by atoms with E-state index in [9.17, 15) is 18.0 Å². The summed E-state index contributed by atoms with van der Waals surface area (Å²) in [7, 11) is 0. The average molecular weight is 329 g/mol. The van der Waals surface area contributed by atoms with Gasteiger partial charge in [0.2, 0.25) is 5.91 Å². The van der Waals surface area contributed by atoms with E-state index in [1.165, 1.54) is 0 Å². The quantitative estimate of drug-likeness (QED) is 0.817. The van der Waals surface area contributed by atoms with Crippen LogP contribution >= 0.6 is 12.4 Å². The molecular formula is C14H24ClF3N2O. The van der Waals surface area contributed by atoms with Crippen molar-refractivity contribution >= 4 is 18.3 Å². The van der Waals surface area contributed by atoms with E-state index < -0.39 is 17.6 Å². The van der Waals surface area contributed by atoms with Crippen LogP contribution in [-0.2, 0) is 4.79 Å². The van der Waals surface area contributed by atoms with Gasteiger partial charge in [0, 0.05) is 6.04 Å². The summed E-state index contributed by atoms with van der Waals surface area (Å²) in [6, 6.07) is -0.110. The van der Waals surface area contributed by atoms with Gasteiger partial charge in [-0.2, -0.15) is 13.2 Å². The maximum absolute atomic E-state index is 12.6. The van der Waals surface area contributed by atoms with Crippen molar-refractivity contribution in [2.75, 3.05) is 6.54 Å². The summed E-state index contributed by atoms with van der Waals surface area (Å²) in [5.74, 6) is -1.26. The van der Waals surface area contributed by atoms with Crippen LogP contribution in [0.2, 0.25) is 0 Å². The third-order valence-corrected chi connectivity index (χ3v) is 4.65. The second kappa shape index (κ2) is 7.18. The minimum atomic E-state index is -4.09. The van der Waals surface area contributed by atoms with Crippen LogP contribution in [0.15, 0.2) is 0 Å². The Morgan fingerprint density at radius 1 is 1.19 bits per heavy atom. The number of amides is 1. The fourth-order valence-corrected chi connectivity index (χ4v) is 3.16. The average Bonchev–Trinajstić information content (AvgIpc) is 2.39. The Kier molecular flexibility index (Phi) is 6.35. The molecule has 7 heteroatoms. The Bertz CT molecular complexity index is 349. The first-order chi connectivity index (χ1) is 9.31. The highest BCUT2D eigenvalue weighted by Gasteiger charge is 2.42. The molecule has 1 amide bonds. The topological polar surface area (TPSA) is 41.1 Å². The third kappa shape index (κ3) is 4.74. The number of hydrogen-bond acceptors (Lipinski definition) is 2. The molecule has 2 N–H and O–H groups in total. The fraction of sp³-hybridized carbons (Fsp3) is 0.929. The SMILES string of the molecule is CC1(C(=O)NC2CCC(C(F)(F)F)CC2)CCCCN1.Cl. The molecule has 2 rings (SSSR count). The molecule has 0 bridgehead atoms. The van der Waals surface area contributed by atoms with Crippen LogP contribution in [0.5, 0.6) is 0 Å². The summed E-state index contributed by atoms with van der Waals surface area (Å²) < 4.78 is 37.8.